The lowest BCUT2D eigenvalue weighted by atomic mass is 9.93. The van der Waals surface area contributed by atoms with Crippen molar-refractivity contribution in [3.8, 4) is 0 Å². The second kappa shape index (κ2) is 10.5. The number of nitrogens with one attached hydrogen (secondary N) is 2. The Balaban J connectivity index is 1.42. The van der Waals surface area contributed by atoms with Gasteiger partial charge < -0.3 is 15.5 Å². The van der Waals surface area contributed by atoms with E-state index < -0.39 is 0 Å². The first-order valence-corrected chi connectivity index (χ1v) is 10.6. The van der Waals surface area contributed by atoms with E-state index in [4.69, 9.17) is 23.2 Å². The van der Waals surface area contributed by atoms with Crippen molar-refractivity contribution in [2.24, 2.45) is 5.92 Å². The molecule has 1 aliphatic rings. The molecule has 0 radical (unpaired) electrons. The van der Waals surface area contributed by atoms with Gasteiger partial charge in [-0.25, -0.2) is 4.79 Å². The van der Waals surface area contributed by atoms with Crippen molar-refractivity contribution < 1.29 is 9.59 Å². The standard InChI is InChI=1S/C22H25Cl2N3O2/c23-18-8-10-19(11-9-18)26-22(29)27-13-3-4-16(15-27)7-12-21(28)25-14-17-5-1-2-6-20(17)24/h1-2,5-6,8-11,16H,3-4,7,12-15H2,(H,25,28)(H,26,29). The predicted octanol–water partition coefficient (Wildman–Crippen LogP) is 5.33. The van der Waals surface area contributed by atoms with Crippen molar-refractivity contribution in [1.29, 1.82) is 0 Å². The first kappa shape index (κ1) is 21.5. The molecule has 1 atom stereocenters. The maximum Gasteiger partial charge on any atom is 0.321 e. The quantitative estimate of drug-likeness (QED) is 0.645. The van der Waals surface area contributed by atoms with E-state index in [1.165, 1.54) is 0 Å². The zero-order valence-corrected chi connectivity index (χ0v) is 17.7. The summed E-state index contributed by atoms with van der Waals surface area (Å²) < 4.78 is 0. The molecule has 2 N–H and O–H groups in total. The monoisotopic (exact) mass is 433 g/mol. The summed E-state index contributed by atoms with van der Waals surface area (Å²) in [5, 5.41) is 7.12. The first-order valence-electron chi connectivity index (χ1n) is 9.83. The number of amides is 3. The Labute approximate surface area is 181 Å². The van der Waals surface area contributed by atoms with Crippen LogP contribution in [0.25, 0.3) is 0 Å². The number of urea groups is 1. The Kier molecular flexibility index (Phi) is 7.78. The number of nitrogens with zero attached hydrogens (tertiary/aromatic N) is 1. The predicted molar refractivity (Wildman–Crippen MR) is 117 cm³/mol. The molecule has 5 nitrogen and oxygen atoms in total. The van der Waals surface area contributed by atoms with E-state index in [2.05, 4.69) is 10.6 Å². The van der Waals surface area contributed by atoms with Crippen LogP contribution in [0.4, 0.5) is 10.5 Å². The molecule has 1 heterocycles. The highest BCUT2D eigenvalue weighted by Crippen LogP contribution is 2.22. The number of benzene rings is 2. The van der Waals surface area contributed by atoms with Gasteiger partial charge in [0.1, 0.15) is 0 Å². The molecule has 0 saturated carbocycles. The van der Waals surface area contributed by atoms with E-state index in [1.54, 1.807) is 24.3 Å². The number of anilines is 1. The number of hydrogen-bond donors (Lipinski definition) is 2. The Hall–Kier alpha value is -2.24. The van der Waals surface area contributed by atoms with Crippen molar-refractivity contribution in [3.05, 3.63) is 64.1 Å². The molecule has 3 rings (SSSR count). The highest BCUT2D eigenvalue weighted by molar-refractivity contribution is 6.31. The smallest absolute Gasteiger partial charge is 0.321 e. The molecule has 1 aliphatic heterocycles. The Morgan fingerprint density at radius 1 is 1.07 bits per heavy atom. The van der Waals surface area contributed by atoms with Crippen molar-refractivity contribution in [2.75, 3.05) is 18.4 Å². The van der Waals surface area contributed by atoms with Gasteiger partial charge in [-0.2, -0.15) is 0 Å². The van der Waals surface area contributed by atoms with Crippen LogP contribution in [0.15, 0.2) is 48.5 Å². The third-order valence-electron chi connectivity index (χ3n) is 5.12. The molecule has 2 aromatic carbocycles. The first-order chi connectivity index (χ1) is 14.0. The van der Waals surface area contributed by atoms with E-state index in [1.807, 2.05) is 29.2 Å². The Bertz CT molecular complexity index is 842. The minimum atomic E-state index is -0.111. The second-order valence-electron chi connectivity index (χ2n) is 7.30. The van der Waals surface area contributed by atoms with Crippen LogP contribution >= 0.6 is 23.2 Å². The van der Waals surface area contributed by atoms with Crippen LogP contribution < -0.4 is 10.6 Å². The Morgan fingerprint density at radius 2 is 1.83 bits per heavy atom. The summed E-state index contributed by atoms with van der Waals surface area (Å²) in [6, 6.07) is 14.4. The fraction of sp³-hybridized carbons (Fsp3) is 0.364. The van der Waals surface area contributed by atoms with E-state index >= 15 is 0 Å². The van der Waals surface area contributed by atoms with E-state index in [9.17, 15) is 9.59 Å². The largest absolute Gasteiger partial charge is 0.352 e. The van der Waals surface area contributed by atoms with E-state index in [0.717, 1.165) is 37.1 Å². The molecule has 7 heteroatoms. The average molecular weight is 434 g/mol. The molecule has 0 spiro atoms. The van der Waals surface area contributed by atoms with Crippen molar-refractivity contribution >= 4 is 40.8 Å². The summed E-state index contributed by atoms with van der Waals surface area (Å²) in [6.45, 7) is 1.82. The average Bonchev–Trinajstić information content (AvgIpc) is 2.73. The summed E-state index contributed by atoms with van der Waals surface area (Å²) in [7, 11) is 0. The fourth-order valence-corrected chi connectivity index (χ4v) is 3.81. The maximum absolute atomic E-state index is 12.5. The van der Waals surface area contributed by atoms with Crippen LogP contribution in [0.5, 0.6) is 0 Å². The Morgan fingerprint density at radius 3 is 2.59 bits per heavy atom. The number of piperidine rings is 1. The molecule has 0 aliphatic carbocycles. The van der Waals surface area contributed by atoms with Gasteiger partial charge in [-0.1, -0.05) is 41.4 Å². The lowest BCUT2D eigenvalue weighted by molar-refractivity contribution is -0.121. The van der Waals surface area contributed by atoms with Crippen LogP contribution in [0.2, 0.25) is 10.0 Å². The normalized spacial score (nSPS) is 16.3. The molecular weight excluding hydrogens is 409 g/mol. The number of rotatable bonds is 6. The number of carbonyl (C=O) groups is 2. The van der Waals surface area contributed by atoms with Gasteiger partial charge in [0.05, 0.1) is 0 Å². The maximum atomic E-state index is 12.5. The molecule has 0 bridgehead atoms. The van der Waals surface area contributed by atoms with Gasteiger partial charge in [-0.05, 0) is 61.1 Å². The van der Waals surface area contributed by atoms with Crippen LogP contribution in [-0.4, -0.2) is 29.9 Å². The van der Waals surface area contributed by atoms with Gasteiger partial charge in [0.15, 0.2) is 0 Å². The van der Waals surface area contributed by atoms with E-state index in [-0.39, 0.29) is 11.9 Å². The van der Waals surface area contributed by atoms with Gasteiger partial charge in [-0.15, -0.1) is 0 Å². The lowest BCUT2D eigenvalue weighted by Crippen LogP contribution is -2.42. The third-order valence-corrected chi connectivity index (χ3v) is 5.74. The van der Waals surface area contributed by atoms with Gasteiger partial charge >= 0.3 is 6.03 Å². The second-order valence-corrected chi connectivity index (χ2v) is 8.14. The van der Waals surface area contributed by atoms with E-state index in [0.29, 0.717) is 35.5 Å². The minimum absolute atomic E-state index is 0.00709. The van der Waals surface area contributed by atoms with Crippen LogP contribution in [0.1, 0.15) is 31.2 Å². The molecule has 3 amide bonds. The van der Waals surface area contributed by atoms with Crippen LogP contribution in [0.3, 0.4) is 0 Å². The van der Waals surface area contributed by atoms with Gasteiger partial charge in [0, 0.05) is 41.8 Å². The minimum Gasteiger partial charge on any atom is -0.352 e. The molecule has 154 valence electrons. The highest BCUT2D eigenvalue weighted by atomic mass is 35.5. The summed E-state index contributed by atoms with van der Waals surface area (Å²) in [6.07, 6.45) is 3.18. The molecule has 0 aromatic heterocycles. The molecule has 29 heavy (non-hydrogen) atoms. The molecule has 2 aromatic rings. The van der Waals surface area contributed by atoms with Gasteiger partial charge in [0.2, 0.25) is 5.91 Å². The van der Waals surface area contributed by atoms with Gasteiger partial charge in [-0.3, -0.25) is 4.79 Å². The van der Waals surface area contributed by atoms with Crippen molar-refractivity contribution in [2.45, 2.75) is 32.2 Å². The molecule has 1 unspecified atom stereocenters. The summed E-state index contributed by atoms with van der Waals surface area (Å²) >= 11 is 12.0. The SMILES string of the molecule is O=C(CCC1CCCN(C(=O)Nc2ccc(Cl)cc2)C1)NCc1ccccc1Cl. The summed E-state index contributed by atoms with van der Waals surface area (Å²) in [4.78, 5) is 26.5. The topological polar surface area (TPSA) is 61.4 Å². The summed E-state index contributed by atoms with van der Waals surface area (Å²) in [5.74, 6) is 0.332. The number of halogens is 2. The number of hydrogen-bond acceptors (Lipinski definition) is 2. The lowest BCUT2D eigenvalue weighted by Gasteiger charge is -2.32. The summed E-state index contributed by atoms with van der Waals surface area (Å²) in [5.41, 5.74) is 1.63. The van der Waals surface area contributed by atoms with Crippen molar-refractivity contribution in [1.82, 2.24) is 10.2 Å². The molecule has 1 saturated heterocycles. The number of likely N-dealkylation sites (tertiary alicyclic amines) is 1. The van der Waals surface area contributed by atoms with Crippen molar-refractivity contribution in [3.63, 3.8) is 0 Å². The zero-order chi connectivity index (χ0) is 20.6. The number of carbonyl (C=O) groups excluding carboxylic acids is 2. The fourth-order valence-electron chi connectivity index (χ4n) is 3.48. The molecule has 1 fully saturated rings. The third kappa shape index (κ3) is 6.65. The highest BCUT2D eigenvalue weighted by Gasteiger charge is 2.24. The van der Waals surface area contributed by atoms with Gasteiger partial charge in [0.25, 0.3) is 0 Å². The van der Waals surface area contributed by atoms with Crippen LogP contribution in [0, 0.1) is 5.92 Å². The molecular formula is C22H25Cl2N3O2. The van der Waals surface area contributed by atoms with Crippen LogP contribution in [-0.2, 0) is 11.3 Å². The zero-order valence-electron chi connectivity index (χ0n) is 16.2.